The first kappa shape index (κ1) is 21.3. The number of halogens is 2. The summed E-state index contributed by atoms with van der Waals surface area (Å²) in [5.41, 5.74) is 0.997. The summed E-state index contributed by atoms with van der Waals surface area (Å²) >= 11 is 6.78. The Morgan fingerprint density at radius 1 is 1.17 bits per heavy atom. The predicted octanol–water partition coefficient (Wildman–Crippen LogP) is 4.17. The lowest BCUT2D eigenvalue weighted by atomic mass is 10.1. The molecule has 0 N–H and O–H groups in total. The van der Waals surface area contributed by atoms with Gasteiger partial charge in [-0.3, -0.25) is 14.6 Å². The number of carbonyl (C=O) groups excluding carboxylic acids is 2. The van der Waals surface area contributed by atoms with Gasteiger partial charge < -0.3 is 14.2 Å². The smallest absolute Gasteiger partial charge is 0.308 e. The van der Waals surface area contributed by atoms with Crippen molar-refractivity contribution in [3.05, 3.63) is 50.7 Å². The Balaban J connectivity index is 2.09. The molecule has 1 amide bonds. The van der Waals surface area contributed by atoms with Crippen LogP contribution in [-0.4, -0.2) is 34.4 Å². The van der Waals surface area contributed by atoms with Crippen LogP contribution in [0.15, 0.2) is 44.6 Å². The monoisotopic (exact) mass is 525 g/mol. The lowest BCUT2D eigenvalue weighted by molar-refractivity contribution is -0.135. The standard InChI is InChI=1S/C19H17Br2N3O5/c1-4-27-16-7-13(20)6-15(17(16)28-11(3)26)19-24(10(2)25)23-18(29-19)12-5-14(21)9-22-8-12/h5-9,19H,4H2,1-3H3/t19-/m0/s1. The molecule has 8 nitrogen and oxygen atoms in total. The minimum absolute atomic E-state index is 0.169. The van der Waals surface area contributed by atoms with Gasteiger partial charge in [-0.15, -0.1) is 5.10 Å². The molecule has 29 heavy (non-hydrogen) atoms. The number of benzene rings is 1. The second kappa shape index (κ2) is 8.91. The fourth-order valence-electron chi connectivity index (χ4n) is 2.70. The van der Waals surface area contributed by atoms with Crippen LogP contribution in [0.3, 0.4) is 0 Å². The van der Waals surface area contributed by atoms with Crippen molar-refractivity contribution in [2.45, 2.75) is 27.0 Å². The Hall–Kier alpha value is -2.46. The topological polar surface area (TPSA) is 90.3 Å². The number of carbonyl (C=O) groups is 2. The van der Waals surface area contributed by atoms with E-state index in [1.165, 1.54) is 18.9 Å². The average Bonchev–Trinajstić information content (AvgIpc) is 3.09. The summed E-state index contributed by atoms with van der Waals surface area (Å²) < 4.78 is 18.4. The Morgan fingerprint density at radius 2 is 1.93 bits per heavy atom. The first-order chi connectivity index (χ1) is 13.8. The van der Waals surface area contributed by atoms with Crippen molar-refractivity contribution in [2.24, 2.45) is 5.10 Å². The molecule has 0 radical (unpaired) electrons. The molecule has 0 spiro atoms. The van der Waals surface area contributed by atoms with E-state index in [0.717, 1.165) is 4.47 Å². The van der Waals surface area contributed by atoms with Crippen LogP contribution in [0.1, 0.15) is 38.1 Å². The number of nitrogens with zero attached hydrogens (tertiary/aromatic N) is 3. The number of rotatable bonds is 5. The van der Waals surface area contributed by atoms with E-state index in [-0.39, 0.29) is 17.6 Å². The molecule has 1 aromatic heterocycles. The summed E-state index contributed by atoms with van der Waals surface area (Å²) in [7, 11) is 0. The van der Waals surface area contributed by atoms with Crippen LogP contribution in [-0.2, 0) is 14.3 Å². The second-order valence-electron chi connectivity index (χ2n) is 5.98. The van der Waals surface area contributed by atoms with Gasteiger partial charge in [0.2, 0.25) is 18.0 Å². The van der Waals surface area contributed by atoms with Crippen molar-refractivity contribution in [1.29, 1.82) is 0 Å². The molecule has 2 heterocycles. The quantitative estimate of drug-likeness (QED) is 0.429. The van der Waals surface area contributed by atoms with E-state index in [1.54, 1.807) is 30.6 Å². The van der Waals surface area contributed by atoms with E-state index in [9.17, 15) is 9.59 Å². The second-order valence-corrected chi connectivity index (χ2v) is 7.81. The molecule has 0 saturated carbocycles. The molecule has 1 aromatic carbocycles. The highest BCUT2D eigenvalue weighted by Crippen LogP contribution is 2.43. The van der Waals surface area contributed by atoms with Gasteiger partial charge in [-0.2, -0.15) is 5.01 Å². The zero-order valence-electron chi connectivity index (χ0n) is 15.8. The number of esters is 1. The van der Waals surface area contributed by atoms with Gasteiger partial charge in [0.1, 0.15) is 0 Å². The van der Waals surface area contributed by atoms with Gasteiger partial charge in [0.05, 0.1) is 17.7 Å². The molecule has 3 rings (SSSR count). The van der Waals surface area contributed by atoms with Crippen LogP contribution in [0.5, 0.6) is 11.5 Å². The molecule has 0 fully saturated rings. The normalized spacial score (nSPS) is 15.6. The van der Waals surface area contributed by atoms with Gasteiger partial charge >= 0.3 is 5.97 Å². The van der Waals surface area contributed by atoms with E-state index in [0.29, 0.717) is 28.0 Å². The van der Waals surface area contributed by atoms with E-state index in [1.807, 2.05) is 6.92 Å². The van der Waals surface area contributed by atoms with Gasteiger partial charge in [-0.05, 0) is 41.1 Å². The van der Waals surface area contributed by atoms with E-state index in [4.69, 9.17) is 14.2 Å². The van der Waals surface area contributed by atoms with Crippen LogP contribution in [0.25, 0.3) is 0 Å². The van der Waals surface area contributed by atoms with Crippen LogP contribution < -0.4 is 9.47 Å². The number of hydrazone groups is 1. The first-order valence-electron chi connectivity index (χ1n) is 8.60. The fraction of sp³-hybridized carbons (Fsp3) is 0.263. The van der Waals surface area contributed by atoms with Crippen molar-refractivity contribution >= 4 is 49.6 Å². The maximum Gasteiger partial charge on any atom is 0.308 e. The van der Waals surface area contributed by atoms with Crippen molar-refractivity contribution in [3.8, 4) is 11.5 Å². The molecule has 0 unspecified atom stereocenters. The molecule has 1 aliphatic rings. The van der Waals surface area contributed by atoms with Crippen molar-refractivity contribution in [3.63, 3.8) is 0 Å². The largest absolute Gasteiger partial charge is 0.490 e. The van der Waals surface area contributed by atoms with E-state index < -0.39 is 12.2 Å². The minimum Gasteiger partial charge on any atom is -0.490 e. The Morgan fingerprint density at radius 3 is 2.55 bits per heavy atom. The highest BCUT2D eigenvalue weighted by atomic mass is 79.9. The number of aromatic nitrogens is 1. The molecular weight excluding hydrogens is 510 g/mol. The number of amides is 1. The summed E-state index contributed by atoms with van der Waals surface area (Å²) in [6, 6.07) is 5.14. The summed E-state index contributed by atoms with van der Waals surface area (Å²) in [5, 5.41) is 5.48. The summed E-state index contributed by atoms with van der Waals surface area (Å²) in [6.45, 7) is 4.83. The number of pyridine rings is 1. The van der Waals surface area contributed by atoms with Crippen LogP contribution in [0.4, 0.5) is 0 Å². The predicted molar refractivity (Wildman–Crippen MR) is 111 cm³/mol. The summed E-state index contributed by atoms with van der Waals surface area (Å²) in [4.78, 5) is 28.1. The number of ether oxygens (including phenoxy) is 3. The third kappa shape index (κ3) is 4.76. The van der Waals surface area contributed by atoms with Crippen LogP contribution >= 0.6 is 31.9 Å². The zero-order chi connectivity index (χ0) is 21.1. The lowest BCUT2D eigenvalue weighted by Gasteiger charge is -2.23. The SMILES string of the molecule is CCOc1cc(Br)cc([C@@H]2OC(c3cncc(Br)c3)=NN2C(C)=O)c1OC(C)=O. The average molecular weight is 527 g/mol. The van der Waals surface area contributed by atoms with Crippen molar-refractivity contribution < 1.29 is 23.8 Å². The zero-order valence-corrected chi connectivity index (χ0v) is 19.0. The third-order valence-corrected chi connectivity index (χ3v) is 4.67. The molecule has 1 aliphatic heterocycles. The Kier molecular flexibility index (Phi) is 6.53. The molecule has 0 aliphatic carbocycles. The number of hydrogen-bond acceptors (Lipinski definition) is 7. The van der Waals surface area contributed by atoms with Gasteiger partial charge in [-0.25, -0.2) is 0 Å². The molecule has 152 valence electrons. The van der Waals surface area contributed by atoms with Crippen LogP contribution in [0.2, 0.25) is 0 Å². The van der Waals surface area contributed by atoms with Crippen LogP contribution in [0, 0.1) is 0 Å². The molecular formula is C19H17Br2N3O5. The fourth-order valence-corrected chi connectivity index (χ4v) is 3.52. The van der Waals surface area contributed by atoms with E-state index >= 15 is 0 Å². The first-order valence-corrected chi connectivity index (χ1v) is 10.2. The van der Waals surface area contributed by atoms with Gasteiger partial charge in [-0.1, -0.05) is 15.9 Å². The third-order valence-electron chi connectivity index (χ3n) is 3.78. The molecule has 10 heteroatoms. The summed E-state index contributed by atoms with van der Waals surface area (Å²) in [5.74, 6) is -0.149. The molecule has 1 atom stereocenters. The van der Waals surface area contributed by atoms with E-state index in [2.05, 4.69) is 41.9 Å². The maximum absolute atomic E-state index is 12.3. The minimum atomic E-state index is -0.951. The molecule has 0 saturated heterocycles. The lowest BCUT2D eigenvalue weighted by Crippen LogP contribution is -2.26. The van der Waals surface area contributed by atoms with Crippen molar-refractivity contribution in [1.82, 2.24) is 9.99 Å². The number of hydrogen-bond donors (Lipinski definition) is 0. The van der Waals surface area contributed by atoms with Gasteiger partial charge in [0.15, 0.2) is 11.5 Å². The molecule has 0 bridgehead atoms. The van der Waals surface area contributed by atoms with Crippen molar-refractivity contribution in [2.75, 3.05) is 6.61 Å². The summed E-state index contributed by atoms with van der Waals surface area (Å²) in [6.07, 6.45) is 2.25. The van der Waals surface area contributed by atoms with Gasteiger partial charge in [0.25, 0.3) is 0 Å². The Labute approximate surface area is 184 Å². The Bertz CT molecular complexity index is 996. The maximum atomic E-state index is 12.3. The highest BCUT2D eigenvalue weighted by molar-refractivity contribution is 9.10. The van der Waals surface area contributed by atoms with Gasteiger partial charge in [0, 0.05) is 35.2 Å². The molecule has 2 aromatic rings. The highest BCUT2D eigenvalue weighted by Gasteiger charge is 2.37.